The average Bonchev–Trinajstić information content (AvgIpc) is 3.48. The fourth-order valence-electron chi connectivity index (χ4n) is 5.17. The molecule has 6 rings (SSSR count). The first-order chi connectivity index (χ1) is 18.4. The smallest absolute Gasteiger partial charge is 0.181 e. The van der Waals surface area contributed by atoms with E-state index in [1.165, 1.54) is 10.7 Å². The SMILES string of the molecule is CN(C)[C@H]1CN(c2nccn3c(-c4cc5nnn(C)c5cc4F)c(-c4ccc(C#N)cc4)nc23)CC[C@H]1F. The van der Waals surface area contributed by atoms with Crippen LogP contribution in [-0.4, -0.2) is 73.7 Å². The molecule has 0 amide bonds. The predicted molar refractivity (Wildman–Crippen MR) is 140 cm³/mol. The third kappa shape index (κ3) is 3.85. The second kappa shape index (κ2) is 9.15. The van der Waals surface area contributed by atoms with Gasteiger partial charge in [0, 0.05) is 49.7 Å². The van der Waals surface area contributed by atoms with Crippen molar-refractivity contribution in [3.8, 4) is 28.6 Å². The molecule has 1 fully saturated rings. The Bertz CT molecular complexity index is 1700. The second-order valence-corrected chi connectivity index (χ2v) is 9.76. The van der Waals surface area contributed by atoms with Crippen LogP contribution in [0.5, 0.6) is 0 Å². The van der Waals surface area contributed by atoms with Crippen molar-refractivity contribution in [2.75, 3.05) is 32.1 Å². The van der Waals surface area contributed by atoms with Crippen molar-refractivity contribution in [3.05, 3.63) is 60.2 Å². The molecule has 5 aromatic rings. The number of halogens is 2. The lowest BCUT2D eigenvalue weighted by Gasteiger charge is -2.38. The maximum absolute atomic E-state index is 15.7. The Labute approximate surface area is 217 Å². The van der Waals surface area contributed by atoms with Crippen molar-refractivity contribution in [1.29, 1.82) is 5.26 Å². The lowest BCUT2D eigenvalue weighted by Crippen LogP contribution is -2.52. The third-order valence-corrected chi connectivity index (χ3v) is 7.23. The molecule has 3 aromatic heterocycles. The molecular weight excluding hydrogens is 488 g/mol. The van der Waals surface area contributed by atoms with E-state index in [0.29, 0.717) is 64.5 Å². The van der Waals surface area contributed by atoms with Crippen LogP contribution < -0.4 is 4.90 Å². The molecule has 0 unspecified atom stereocenters. The summed E-state index contributed by atoms with van der Waals surface area (Å²) in [5.74, 6) is 0.164. The van der Waals surface area contributed by atoms with Gasteiger partial charge in [0.05, 0.1) is 34.6 Å². The van der Waals surface area contributed by atoms with Gasteiger partial charge in [-0.25, -0.2) is 23.4 Å². The zero-order valence-electron chi connectivity index (χ0n) is 21.2. The van der Waals surface area contributed by atoms with Crippen LogP contribution in [0.15, 0.2) is 48.8 Å². The van der Waals surface area contributed by atoms with E-state index < -0.39 is 12.0 Å². The zero-order valence-corrected chi connectivity index (χ0v) is 21.2. The Hall–Kier alpha value is -4.43. The summed E-state index contributed by atoms with van der Waals surface area (Å²) < 4.78 is 33.7. The van der Waals surface area contributed by atoms with Crippen molar-refractivity contribution in [3.63, 3.8) is 0 Å². The van der Waals surface area contributed by atoms with Gasteiger partial charge in [0.25, 0.3) is 0 Å². The lowest BCUT2D eigenvalue weighted by atomic mass is 10.0. The van der Waals surface area contributed by atoms with Crippen molar-refractivity contribution in [2.24, 2.45) is 7.05 Å². The number of likely N-dealkylation sites (N-methyl/N-ethyl adjacent to an activating group) is 1. The van der Waals surface area contributed by atoms with Gasteiger partial charge >= 0.3 is 0 Å². The van der Waals surface area contributed by atoms with E-state index >= 15 is 4.39 Å². The summed E-state index contributed by atoms with van der Waals surface area (Å²) in [4.78, 5) is 13.5. The number of alkyl halides is 1. The zero-order chi connectivity index (χ0) is 26.6. The molecule has 2 aromatic carbocycles. The molecule has 0 saturated carbocycles. The molecule has 0 bridgehead atoms. The average molecular weight is 514 g/mol. The van der Waals surface area contributed by atoms with Crippen LogP contribution in [0.1, 0.15) is 12.0 Å². The van der Waals surface area contributed by atoms with Crippen molar-refractivity contribution in [2.45, 2.75) is 18.6 Å². The molecule has 2 atom stereocenters. The summed E-state index contributed by atoms with van der Waals surface area (Å²) in [6.07, 6.45) is 2.85. The van der Waals surface area contributed by atoms with E-state index in [-0.39, 0.29) is 6.04 Å². The number of piperidine rings is 1. The largest absolute Gasteiger partial charge is 0.352 e. The summed E-state index contributed by atoms with van der Waals surface area (Å²) in [5, 5.41) is 17.5. The topological polar surface area (TPSA) is 91.2 Å². The highest BCUT2D eigenvalue weighted by Gasteiger charge is 2.33. The Balaban J connectivity index is 1.58. The quantitative estimate of drug-likeness (QED) is 0.361. The number of fused-ring (bicyclic) bond motifs is 2. The molecule has 1 aliphatic heterocycles. The van der Waals surface area contributed by atoms with Gasteiger partial charge in [0.1, 0.15) is 17.5 Å². The number of anilines is 1. The lowest BCUT2D eigenvalue weighted by molar-refractivity contribution is 0.137. The Morgan fingerprint density at radius 3 is 2.68 bits per heavy atom. The van der Waals surface area contributed by atoms with Crippen molar-refractivity contribution in [1.82, 2.24) is 34.3 Å². The number of nitrogens with zero attached hydrogens (tertiary/aromatic N) is 9. The normalized spacial score (nSPS) is 18.0. The molecule has 1 aliphatic rings. The number of rotatable bonds is 4. The molecule has 192 valence electrons. The van der Waals surface area contributed by atoms with Crippen LogP contribution in [0.25, 0.3) is 39.2 Å². The van der Waals surface area contributed by atoms with Gasteiger partial charge in [-0.1, -0.05) is 17.3 Å². The molecule has 1 saturated heterocycles. The molecular formula is C27H25F2N9. The van der Waals surface area contributed by atoms with Crippen LogP contribution in [-0.2, 0) is 7.05 Å². The Kier molecular flexibility index (Phi) is 5.76. The molecule has 11 heteroatoms. The van der Waals surface area contributed by atoms with E-state index in [0.717, 1.165) is 5.56 Å². The number of aryl methyl sites for hydroxylation is 1. The van der Waals surface area contributed by atoms with E-state index in [4.69, 9.17) is 4.98 Å². The molecule has 38 heavy (non-hydrogen) atoms. The minimum Gasteiger partial charge on any atom is -0.352 e. The highest BCUT2D eigenvalue weighted by atomic mass is 19.1. The van der Waals surface area contributed by atoms with Crippen LogP contribution in [0, 0.1) is 17.1 Å². The number of benzene rings is 2. The first-order valence-corrected chi connectivity index (χ1v) is 12.3. The van der Waals surface area contributed by atoms with Crippen molar-refractivity contribution >= 4 is 22.5 Å². The molecule has 9 nitrogen and oxygen atoms in total. The second-order valence-electron chi connectivity index (χ2n) is 9.76. The van der Waals surface area contributed by atoms with Gasteiger partial charge in [0.2, 0.25) is 0 Å². The number of imidazole rings is 1. The highest BCUT2D eigenvalue weighted by molar-refractivity contribution is 5.89. The highest BCUT2D eigenvalue weighted by Crippen LogP contribution is 2.38. The van der Waals surface area contributed by atoms with Gasteiger partial charge < -0.3 is 9.80 Å². The van der Waals surface area contributed by atoms with E-state index in [9.17, 15) is 9.65 Å². The van der Waals surface area contributed by atoms with Crippen LogP contribution in [0.4, 0.5) is 14.6 Å². The van der Waals surface area contributed by atoms with Gasteiger partial charge in [-0.3, -0.25) is 4.40 Å². The van der Waals surface area contributed by atoms with E-state index in [1.54, 1.807) is 49.8 Å². The molecule has 0 N–H and O–H groups in total. The molecule has 0 spiro atoms. The summed E-state index contributed by atoms with van der Waals surface area (Å²) >= 11 is 0. The van der Waals surface area contributed by atoms with Gasteiger partial charge in [0.15, 0.2) is 11.5 Å². The number of aromatic nitrogens is 6. The fourth-order valence-corrected chi connectivity index (χ4v) is 5.17. The van der Waals surface area contributed by atoms with Crippen LogP contribution >= 0.6 is 0 Å². The number of nitriles is 1. The predicted octanol–water partition coefficient (Wildman–Crippen LogP) is 3.83. The summed E-state index contributed by atoms with van der Waals surface area (Å²) in [6, 6.07) is 11.9. The van der Waals surface area contributed by atoms with Gasteiger partial charge in [-0.15, -0.1) is 5.10 Å². The summed E-state index contributed by atoms with van der Waals surface area (Å²) in [5.41, 5.74) is 4.28. The Morgan fingerprint density at radius 2 is 1.95 bits per heavy atom. The minimum absolute atomic E-state index is 0.283. The maximum atomic E-state index is 15.7. The first kappa shape index (κ1) is 23.9. The van der Waals surface area contributed by atoms with Gasteiger partial charge in [-0.2, -0.15) is 5.26 Å². The maximum Gasteiger partial charge on any atom is 0.181 e. The summed E-state index contributed by atoms with van der Waals surface area (Å²) in [7, 11) is 5.46. The van der Waals surface area contributed by atoms with Gasteiger partial charge in [-0.05, 0) is 38.7 Å². The number of hydrogen-bond acceptors (Lipinski definition) is 7. The van der Waals surface area contributed by atoms with Crippen LogP contribution in [0.3, 0.4) is 0 Å². The van der Waals surface area contributed by atoms with E-state index in [2.05, 4.69) is 21.4 Å². The van der Waals surface area contributed by atoms with Crippen LogP contribution in [0.2, 0.25) is 0 Å². The number of hydrogen-bond donors (Lipinski definition) is 0. The standard InChI is InChI=1S/C27H25F2N9/c1-35(2)23-15-37(10-8-19(23)28)26-27-32-24(17-6-4-16(14-30)5-7-17)25(38(27)11-9-31-26)18-12-21-22(13-20(18)29)36(3)34-33-21/h4-7,9,11-13,19,23H,8,10,15H2,1-3H3/t19-,23+/m1/s1. The van der Waals surface area contributed by atoms with E-state index in [1.807, 2.05) is 28.3 Å². The first-order valence-electron chi connectivity index (χ1n) is 12.3. The molecule has 0 aliphatic carbocycles. The third-order valence-electron chi connectivity index (χ3n) is 7.23. The summed E-state index contributed by atoms with van der Waals surface area (Å²) in [6.45, 7) is 0.946. The molecule has 0 radical (unpaired) electrons. The fraction of sp³-hybridized carbons (Fsp3) is 0.296. The monoisotopic (exact) mass is 513 g/mol. The van der Waals surface area contributed by atoms with Crippen molar-refractivity contribution < 1.29 is 8.78 Å². The molecule has 4 heterocycles. The Morgan fingerprint density at radius 1 is 1.16 bits per heavy atom. The minimum atomic E-state index is -0.932.